The van der Waals surface area contributed by atoms with Crippen molar-refractivity contribution in [1.82, 2.24) is 20.0 Å². The van der Waals surface area contributed by atoms with Crippen molar-refractivity contribution in [3.05, 3.63) is 72.3 Å². The fourth-order valence-corrected chi connectivity index (χ4v) is 2.69. The van der Waals surface area contributed by atoms with Crippen molar-refractivity contribution in [2.45, 2.75) is 6.92 Å². The fourth-order valence-electron chi connectivity index (χ4n) is 2.69. The number of hydrogen-bond acceptors (Lipinski definition) is 4. The SMILES string of the molecule is Cc1cc(O)c(F)cc1Nc1cc(-c2ccc(-n3cccn3)cc2)[nH]n1. The molecule has 2 heterocycles. The molecule has 26 heavy (non-hydrogen) atoms. The van der Waals surface area contributed by atoms with E-state index < -0.39 is 5.82 Å². The summed E-state index contributed by atoms with van der Waals surface area (Å²) in [4.78, 5) is 0. The predicted octanol–water partition coefficient (Wildman–Crippen LogP) is 4.16. The molecule has 0 radical (unpaired) electrons. The van der Waals surface area contributed by atoms with Gasteiger partial charge in [-0.2, -0.15) is 10.2 Å². The minimum Gasteiger partial charge on any atom is -0.505 e. The Balaban J connectivity index is 1.56. The van der Waals surface area contributed by atoms with Gasteiger partial charge in [0.25, 0.3) is 0 Å². The van der Waals surface area contributed by atoms with Gasteiger partial charge in [-0.15, -0.1) is 0 Å². The van der Waals surface area contributed by atoms with E-state index in [2.05, 4.69) is 20.6 Å². The van der Waals surface area contributed by atoms with Gasteiger partial charge in [-0.3, -0.25) is 5.10 Å². The van der Waals surface area contributed by atoms with Gasteiger partial charge in [0.05, 0.1) is 11.4 Å². The van der Waals surface area contributed by atoms with Gasteiger partial charge < -0.3 is 10.4 Å². The summed E-state index contributed by atoms with van der Waals surface area (Å²) >= 11 is 0. The monoisotopic (exact) mass is 349 g/mol. The lowest BCUT2D eigenvalue weighted by Gasteiger charge is -2.07. The maximum Gasteiger partial charge on any atom is 0.166 e. The number of aromatic hydroxyl groups is 1. The van der Waals surface area contributed by atoms with Crippen molar-refractivity contribution in [2.75, 3.05) is 5.32 Å². The first-order valence-corrected chi connectivity index (χ1v) is 8.02. The number of aryl methyl sites for hydroxylation is 1. The van der Waals surface area contributed by atoms with Gasteiger partial charge in [-0.25, -0.2) is 9.07 Å². The van der Waals surface area contributed by atoms with Crippen LogP contribution in [0.5, 0.6) is 5.75 Å². The number of phenolic OH excluding ortho intramolecular Hbond substituents is 1. The lowest BCUT2D eigenvalue weighted by atomic mass is 10.1. The number of aromatic nitrogens is 4. The van der Waals surface area contributed by atoms with Crippen molar-refractivity contribution in [3.8, 4) is 22.7 Å². The summed E-state index contributed by atoms with van der Waals surface area (Å²) in [6.45, 7) is 1.78. The maximum atomic E-state index is 13.6. The van der Waals surface area contributed by atoms with Crippen molar-refractivity contribution < 1.29 is 9.50 Å². The van der Waals surface area contributed by atoms with Crippen LogP contribution < -0.4 is 5.32 Å². The summed E-state index contributed by atoms with van der Waals surface area (Å²) in [6.07, 6.45) is 3.61. The molecule has 4 aromatic rings. The van der Waals surface area contributed by atoms with Crippen molar-refractivity contribution in [3.63, 3.8) is 0 Å². The Labute approximate surface area is 148 Å². The first-order valence-electron chi connectivity index (χ1n) is 8.02. The zero-order chi connectivity index (χ0) is 18.1. The van der Waals surface area contributed by atoms with Crippen molar-refractivity contribution >= 4 is 11.5 Å². The Morgan fingerprint density at radius 1 is 1.15 bits per heavy atom. The molecular formula is C19H16FN5O. The predicted molar refractivity (Wildman–Crippen MR) is 97.2 cm³/mol. The number of aromatic amines is 1. The van der Waals surface area contributed by atoms with E-state index in [0.29, 0.717) is 11.5 Å². The molecule has 2 aromatic carbocycles. The first kappa shape index (κ1) is 15.9. The van der Waals surface area contributed by atoms with E-state index in [1.165, 1.54) is 12.1 Å². The lowest BCUT2D eigenvalue weighted by molar-refractivity contribution is 0.432. The summed E-state index contributed by atoms with van der Waals surface area (Å²) in [5.41, 5.74) is 4.03. The van der Waals surface area contributed by atoms with Crippen LogP contribution in [0.15, 0.2) is 60.9 Å². The largest absolute Gasteiger partial charge is 0.505 e. The van der Waals surface area contributed by atoms with E-state index in [4.69, 9.17) is 0 Å². The summed E-state index contributed by atoms with van der Waals surface area (Å²) < 4.78 is 15.3. The highest BCUT2D eigenvalue weighted by Crippen LogP contribution is 2.28. The molecule has 0 bridgehead atoms. The third-order valence-corrected chi connectivity index (χ3v) is 4.08. The van der Waals surface area contributed by atoms with Crippen LogP contribution in [0.4, 0.5) is 15.9 Å². The van der Waals surface area contributed by atoms with Crippen LogP contribution in [0.1, 0.15) is 5.56 Å². The highest BCUT2D eigenvalue weighted by Gasteiger charge is 2.09. The van der Waals surface area contributed by atoms with Gasteiger partial charge in [0.1, 0.15) is 0 Å². The molecule has 0 saturated carbocycles. The van der Waals surface area contributed by atoms with E-state index in [1.54, 1.807) is 17.8 Å². The summed E-state index contributed by atoms with van der Waals surface area (Å²) in [6, 6.07) is 14.2. The second-order valence-corrected chi connectivity index (χ2v) is 5.91. The minimum atomic E-state index is -0.678. The van der Waals surface area contributed by atoms with E-state index in [1.807, 2.05) is 42.6 Å². The van der Waals surface area contributed by atoms with Gasteiger partial charge in [0.15, 0.2) is 17.4 Å². The van der Waals surface area contributed by atoms with Gasteiger partial charge >= 0.3 is 0 Å². The number of phenols is 1. The summed E-state index contributed by atoms with van der Waals surface area (Å²) in [5.74, 6) is -0.486. The number of benzene rings is 2. The van der Waals surface area contributed by atoms with Crippen LogP contribution in [0.2, 0.25) is 0 Å². The topological polar surface area (TPSA) is 78.8 Å². The smallest absolute Gasteiger partial charge is 0.166 e. The lowest BCUT2D eigenvalue weighted by Crippen LogP contribution is -1.94. The molecule has 0 saturated heterocycles. The Morgan fingerprint density at radius 3 is 2.69 bits per heavy atom. The van der Waals surface area contributed by atoms with E-state index >= 15 is 0 Å². The fraction of sp³-hybridized carbons (Fsp3) is 0.0526. The van der Waals surface area contributed by atoms with E-state index in [0.717, 1.165) is 22.5 Å². The quantitative estimate of drug-likeness (QED) is 0.484. The Hall–Kier alpha value is -3.61. The van der Waals surface area contributed by atoms with Gasteiger partial charge in [0.2, 0.25) is 0 Å². The number of nitrogens with zero attached hydrogens (tertiary/aromatic N) is 3. The average molecular weight is 349 g/mol. The van der Waals surface area contributed by atoms with Gasteiger partial charge in [-0.05, 0) is 42.3 Å². The van der Waals surface area contributed by atoms with Gasteiger partial charge in [-0.1, -0.05) is 12.1 Å². The molecule has 0 fully saturated rings. The molecular weight excluding hydrogens is 333 g/mol. The van der Waals surface area contributed by atoms with Crippen LogP contribution in [0, 0.1) is 12.7 Å². The normalized spacial score (nSPS) is 10.8. The highest BCUT2D eigenvalue weighted by atomic mass is 19.1. The molecule has 6 nitrogen and oxygen atoms in total. The molecule has 4 rings (SSSR count). The molecule has 0 aliphatic carbocycles. The number of H-pyrrole nitrogens is 1. The Bertz CT molecular complexity index is 1040. The summed E-state index contributed by atoms with van der Waals surface area (Å²) in [5, 5.41) is 23.8. The van der Waals surface area contributed by atoms with Crippen LogP contribution in [0.25, 0.3) is 16.9 Å². The minimum absolute atomic E-state index is 0.368. The standard InChI is InChI=1S/C19H16FN5O/c1-12-9-18(26)15(20)10-16(12)22-19-11-17(23-24-19)13-3-5-14(6-4-13)25-8-2-7-21-25/h2-11,26H,1H3,(H2,22,23,24). The van der Waals surface area contributed by atoms with Crippen LogP contribution in [-0.4, -0.2) is 25.1 Å². The zero-order valence-electron chi connectivity index (χ0n) is 13.9. The molecule has 0 amide bonds. The molecule has 0 atom stereocenters. The number of nitrogens with one attached hydrogen (secondary N) is 2. The molecule has 0 aliphatic heterocycles. The third kappa shape index (κ3) is 3.02. The molecule has 0 spiro atoms. The number of halogens is 1. The summed E-state index contributed by atoms with van der Waals surface area (Å²) in [7, 11) is 0. The molecule has 2 aromatic heterocycles. The third-order valence-electron chi connectivity index (χ3n) is 4.08. The molecule has 0 unspecified atom stereocenters. The van der Waals surface area contributed by atoms with Crippen LogP contribution in [-0.2, 0) is 0 Å². The van der Waals surface area contributed by atoms with Crippen LogP contribution in [0.3, 0.4) is 0 Å². The number of anilines is 2. The van der Waals surface area contributed by atoms with E-state index in [-0.39, 0.29) is 5.75 Å². The van der Waals surface area contributed by atoms with Gasteiger partial charge in [0, 0.05) is 30.2 Å². The Kier molecular flexibility index (Phi) is 3.89. The second-order valence-electron chi connectivity index (χ2n) is 5.91. The second kappa shape index (κ2) is 6.36. The Morgan fingerprint density at radius 2 is 1.96 bits per heavy atom. The molecule has 0 aliphatic rings. The average Bonchev–Trinajstić information content (AvgIpc) is 3.32. The molecule has 7 heteroatoms. The molecule has 130 valence electrons. The van der Waals surface area contributed by atoms with Crippen LogP contribution >= 0.6 is 0 Å². The highest BCUT2D eigenvalue weighted by molar-refractivity contribution is 5.68. The van der Waals surface area contributed by atoms with Crippen molar-refractivity contribution in [2.24, 2.45) is 0 Å². The number of rotatable bonds is 4. The first-order chi connectivity index (χ1) is 12.6. The number of hydrogen-bond donors (Lipinski definition) is 3. The van der Waals surface area contributed by atoms with E-state index in [9.17, 15) is 9.50 Å². The maximum absolute atomic E-state index is 13.6. The van der Waals surface area contributed by atoms with Crippen molar-refractivity contribution in [1.29, 1.82) is 0 Å². The zero-order valence-corrected chi connectivity index (χ0v) is 13.9. The molecule has 3 N–H and O–H groups in total.